The summed E-state index contributed by atoms with van der Waals surface area (Å²) in [4.78, 5) is 11.1. The van der Waals surface area contributed by atoms with Crippen molar-refractivity contribution in [1.82, 2.24) is 25.6 Å². The van der Waals surface area contributed by atoms with Crippen molar-refractivity contribution in [2.24, 2.45) is 0 Å². The van der Waals surface area contributed by atoms with Crippen LogP contribution in [0.2, 0.25) is 0 Å². The van der Waals surface area contributed by atoms with Gasteiger partial charge in [-0.25, -0.2) is 0 Å². The maximum absolute atomic E-state index is 11.8. The lowest BCUT2D eigenvalue weighted by molar-refractivity contribution is -0.128. The van der Waals surface area contributed by atoms with Crippen molar-refractivity contribution in [3.05, 3.63) is 12.4 Å². The highest BCUT2D eigenvalue weighted by Gasteiger charge is 2.26. The summed E-state index contributed by atoms with van der Waals surface area (Å²) in [6, 6.07) is 0. The monoisotopic (exact) mass is 265 g/mol. The van der Waals surface area contributed by atoms with E-state index in [4.69, 9.17) is 0 Å². The number of amides is 1. The number of aryl methyl sites for hydroxylation is 1. The van der Waals surface area contributed by atoms with Gasteiger partial charge in [0.1, 0.15) is 0 Å². The zero-order valence-electron chi connectivity index (χ0n) is 9.57. The summed E-state index contributed by atoms with van der Waals surface area (Å²) in [7, 11) is 0. The van der Waals surface area contributed by atoms with Crippen molar-refractivity contribution in [2.75, 3.05) is 19.6 Å². The second kappa shape index (κ2) is 6.94. The van der Waals surface area contributed by atoms with Crippen LogP contribution in [0, 0.1) is 0 Å². The van der Waals surface area contributed by atoms with Crippen LogP contribution >= 0.6 is 0 Å². The van der Waals surface area contributed by atoms with Crippen molar-refractivity contribution in [2.45, 2.75) is 19.1 Å². The first kappa shape index (κ1) is 14.4. The van der Waals surface area contributed by atoms with Gasteiger partial charge in [0.25, 0.3) is 0 Å². The van der Waals surface area contributed by atoms with Crippen molar-refractivity contribution >= 4 is 5.91 Å². The molecule has 0 fully saturated rings. The molecule has 1 aromatic heterocycles. The summed E-state index contributed by atoms with van der Waals surface area (Å²) in [5.41, 5.74) is 0. The van der Waals surface area contributed by atoms with Crippen molar-refractivity contribution in [1.29, 1.82) is 0 Å². The van der Waals surface area contributed by atoms with Crippen molar-refractivity contribution in [3.63, 3.8) is 0 Å². The second-order valence-electron chi connectivity index (χ2n) is 3.59. The Balaban J connectivity index is 2.00. The van der Waals surface area contributed by atoms with Crippen molar-refractivity contribution in [3.8, 4) is 0 Å². The smallest absolute Gasteiger partial charge is 0.355 e. The predicted octanol–water partition coefficient (Wildman–Crippen LogP) is -0.0637. The quantitative estimate of drug-likeness (QED) is 0.677. The molecule has 1 rings (SSSR count). The molecule has 0 aromatic carbocycles. The molecule has 1 amide bonds. The van der Waals surface area contributed by atoms with Crippen LogP contribution < -0.4 is 10.6 Å². The molecule has 0 unspecified atom stereocenters. The average Bonchev–Trinajstić information content (AvgIpc) is 2.75. The number of halogens is 3. The van der Waals surface area contributed by atoms with Crippen LogP contribution in [0.1, 0.15) is 6.42 Å². The Hall–Kier alpha value is -1.64. The Labute approximate surface area is 102 Å². The first-order valence-corrected chi connectivity index (χ1v) is 5.35. The van der Waals surface area contributed by atoms with E-state index in [9.17, 15) is 18.0 Å². The zero-order valence-corrected chi connectivity index (χ0v) is 9.57. The van der Waals surface area contributed by atoms with Crippen LogP contribution in [0.5, 0.6) is 0 Å². The number of hydrogen-bond donors (Lipinski definition) is 2. The van der Waals surface area contributed by atoms with Gasteiger partial charge in [-0.1, -0.05) is 5.21 Å². The van der Waals surface area contributed by atoms with Crippen LogP contribution in [0.4, 0.5) is 13.2 Å². The summed E-state index contributed by atoms with van der Waals surface area (Å²) in [5.74, 6) is -0.460. The van der Waals surface area contributed by atoms with E-state index in [1.54, 1.807) is 17.1 Å². The number of alkyl halides is 3. The molecule has 0 aliphatic carbocycles. The lowest BCUT2D eigenvalue weighted by Crippen LogP contribution is -2.38. The molecule has 9 heteroatoms. The summed E-state index contributed by atoms with van der Waals surface area (Å²) >= 11 is 0. The molecule has 0 aliphatic rings. The molecule has 0 saturated carbocycles. The molecular formula is C9H14F3N5O. The van der Waals surface area contributed by atoms with E-state index in [2.05, 4.69) is 15.6 Å². The van der Waals surface area contributed by atoms with Gasteiger partial charge in [0, 0.05) is 19.3 Å². The number of hydrogen-bond acceptors (Lipinski definition) is 4. The SMILES string of the molecule is O=C(CNCC(F)(F)F)NCCCn1ccnn1. The zero-order chi connectivity index (χ0) is 13.4. The molecule has 1 heterocycles. The highest BCUT2D eigenvalue weighted by atomic mass is 19.4. The minimum atomic E-state index is -4.30. The van der Waals surface area contributed by atoms with Crippen LogP contribution in [0.15, 0.2) is 12.4 Å². The van der Waals surface area contributed by atoms with Crippen molar-refractivity contribution < 1.29 is 18.0 Å². The Morgan fingerprint density at radius 2 is 2.17 bits per heavy atom. The molecule has 0 bridgehead atoms. The van der Waals surface area contributed by atoms with E-state index in [1.807, 2.05) is 5.32 Å². The van der Waals surface area contributed by atoms with Gasteiger partial charge in [-0.2, -0.15) is 13.2 Å². The van der Waals surface area contributed by atoms with E-state index in [0.717, 1.165) is 0 Å². The maximum Gasteiger partial charge on any atom is 0.401 e. The summed E-state index contributed by atoms with van der Waals surface area (Å²) in [6.07, 6.45) is -0.436. The molecule has 0 spiro atoms. The van der Waals surface area contributed by atoms with Crippen LogP contribution in [-0.2, 0) is 11.3 Å². The van der Waals surface area contributed by atoms with Crippen LogP contribution in [-0.4, -0.2) is 46.7 Å². The third-order valence-corrected chi connectivity index (χ3v) is 1.97. The maximum atomic E-state index is 11.8. The molecule has 2 N–H and O–H groups in total. The highest BCUT2D eigenvalue weighted by Crippen LogP contribution is 2.11. The van der Waals surface area contributed by atoms with Gasteiger partial charge in [0.2, 0.25) is 5.91 Å². The molecule has 1 aromatic rings. The number of rotatable bonds is 7. The molecule has 0 radical (unpaired) electrons. The molecule has 102 valence electrons. The van der Waals surface area contributed by atoms with E-state index in [-0.39, 0.29) is 6.54 Å². The number of carbonyl (C=O) groups excluding carboxylic acids is 1. The number of carbonyl (C=O) groups is 1. The third kappa shape index (κ3) is 6.84. The highest BCUT2D eigenvalue weighted by molar-refractivity contribution is 5.77. The molecule has 18 heavy (non-hydrogen) atoms. The van der Waals surface area contributed by atoms with Gasteiger partial charge < -0.3 is 10.6 Å². The normalized spacial score (nSPS) is 11.5. The van der Waals surface area contributed by atoms with Crippen LogP contribution in [0.3, 0.4) is 0 Å². The molecule has 0 aliphatic heterocycles. The van der Waals surface area contributed by atoms with Gasteiger partial charge in [-0.05, 0) is 6.42 Å². The minimum Gasteiger partial charge on any atom is -0.355 e. The number of nitrogens with zero attached hydrogens (tertiary/aromatic N) is 3. The second-order valence-corrected chi connectivity index (χ2v) is 3.59. The topological polar surface area (TPSA) is 71.8 Å². The van der Waals surface area contributed by atoms with Gasteiger partial charge in [-0.3, -0.25) is 9.48 Å². The Morgan fingerprint density at radius 1 is 1.39 bits per heavy atom. The van der Waals surface area contributed by atoms with E-state index in [1.165, 1.54) is 0 Å². The number of aromatic nitrogens is 3. The largest absolute Gasteiger partial charge is 0.401 e. The van der Waals surface area contributed by atoms with Gasteiger partial charge in [-0.15, -0.1) is 5.10 Å². The predicted molar refractivity (Wildman–Crippen MR) is 56.6 cm³/mol. The van der Waals surface area contributed by atoms with Gasteiger partial charge >= 0.3 is 6.18 Å². The van der Waals surface area contributed by atoms with E-state index >= 15 is 0 Å². The Kier molecular flexibility index (Phi) is 5.56. The fourth-order valence-corrected chi connectivity index (χ4v) is 1.20. The molecule has 6 nitrogen and oxygen atoms in total. The standard InChI is InChI=1S/C9H14F3N5O/c10-9(11,12)7-13-6-8(18)14-2-1-4-17-5-3-15-16-17/h3,5,13H,1-2,4,6-7H2,(H,14,18). The summed E-state index contributed by atoms with van der Waals surface area (Å²) in [6.45, 7) is -0.537. The third-order valence-electron chi connectivity index (χ3n) is 1.97. The fraction of sp³-hybridized carbons (Fsp3) is 0.667. The van der Waals surface area contributed by atoms with E-state index in [0.29, 0.717) is 19.5 Å². The Bertz CT molecular complexity index is 352. The Morgan fingerprint density at radius 3 is 2.78 bits per heavy atom. The lowest BCUT2D eigenvalue weighted by atomic mass is 10.4. The first-order valence-electron chi connectivity index (χ1n) is 5.35. The lowest BCUT2D eigenvalue weighted by Gasteiger charge is -2.08. The average molecular weight is 265 g/mol. The molecule has 0 atom stereocenters. The molecular weight excluding hydrogens is 251 g/mol. The van der Waals surface area contributed by atoms with E-state index < -0.39 is 18.6 Å². The first-order chi connectivity index (χ1) is 8.47. The molecule has 0 saturated heterocycles. The van der Waals surface area contributed by atoms with Crippen LogP contribution in [0.25, 0.3) is 0 Å². The van der Waals surface area contributed by atoms with Gasteiger partial charge in [0.15, 0.2) is 0 Å². The number of nitrogens with one attached hydrogen (secondary N) is 2. The minimum absolute atomic E-state index is 0.344. The summed E-state index contributed by atoms with van der Waals surface area (Å²) in [5, 5.41) is 11.9. The van der Waals surface area contributed by atoms with Gasteiger partial charge in [0.05, 0.1) is 19.3 Å². The summed E-state index contributed by atoms with van der Waals surface area (Å²) < 4.78 is 36.9. The fourth-order valence-electron chi connectivity index (χ4n) is 1.20.